The number of rotatable bonds is 7. The summed E-state index contributed by atoms with van der Waals surface area (Å²) < 4.78 is 17.4. The van der Waals surface area contributed by atoms with E-state index in [1.807, 2.05) is 0 Å². The van der Waals surface area contributed by atoms with Crippen molar-refractivity contribution in [3.8, 4) is 5.75 Å². The molecule has 0 atom stereocenters. The second-order valence-corrected chi connectivity index (χ2v) is 4.48. The first kappa shape index (κ1) is 14.2. The minimum atomic E-state index is -0.282. The summed E-state index contributed by atoms with van der Waals surface area (Å²) in [7, 11) is 0. The molecule has 1 rings (SSSR count). The minimum Gasteiger partial charge on any atom is -0.493 e. The summed E-state index contributed by atoms with van der Waals surface area (Å²) in [5.41, 5.74) is 6.25. The third-order valence-corrected chi connectivity index (χ3v) is 2.70. The lowest BCUT2D eigenvalue weighted by atomic mass is 10.2. The van der Waals surface area contributed by atoms with Crippen LogP contribution in [-0.4, -0.2) is 18.3 Å². The predicted octanol–water partition coefficient (Wildman–Crippen LogP) is 3.49. The van der Waals surface area contributed by atoms with Gasteiger partial charge in [0.25, 0.3) is 0 Å². The first-order valence-electron chi connectivity index (χ1n) is 5.43. The predicted molar refractivity (Wildman–Crippen MR) is 72.7 cm³/mol. The average Bonchev–Trinajstić information content (AvgIpc) is 2.28. The van der Waals surface area contributed by atoms with E-state index in [1.165, 1.54) is 0 Å². The zero-order valence-electron chi connectivity index (χ0n) is 9.42. The molecule has 2 nitrogen and oxygen atoms in total. The largest absolute Gasteiger partial charge is 0.493 e. The fourth-order valence-corrected chi connectivity index (χ4v) is 1.71. The molecule has 0 heterocycles. The highest BCUT2D eigenvalue weighted by Gasteiger charge is 2.07. The Balaban J connectivity index is 2.56. The van der Waals surface area contributed by atoms with Gasteiger partial charge in [-0.15, -0.1) is 0 Å². The fourth-order valence-electron chi connectivity index (χ4n) is 1.37. The Morgan fingerprint density at radius 3 is 2.76 bits per heavy atom. The average molecular weight is 276 g/mol. The third-order valence-electron chi connectivity index (χ3n) is 2.24. The second kappa shape index (κ2) is 7.45. The van der Waals surface area contributed by atoms with Crippen molar-refractivity contribution in [2.45, 2.75) is 19.3 Å². The molecule has 0 aromatic heterocycles. The summed E-state index contributed by atoms with van der Waals surface area (Å²) in [6.45, 7) is 0.227. The molecule has 5 heteroatoms. The van der Waals surface area contributed by atoms with Crippen LogP contribution < -0.4 is 10.5 Å². The van der Waals surface area contributed by atoms with Crippen LogP contribution in [0.25, 0.3) is 0 Å². The summed E-state index contributed by atoms with van der Waals surface area (Å²) in [4.78, 5) is 0.278. The molecule has 1 aromatic carbocycles. The maximum Gasteiger partial charge on any atom is 0.130 e. The van der Waals surface area contributed by atoms with Crippen LogP contribution in [0.3, 0.4) is 0 Å². The number of benzene rings is 1. The molecule has 0 aliphatic carbocycles. The van der Waals surface area contributed by atoms with Gasteiger partial charge in [-0.05, 0) is 37.5 Å². The van der Waals surface area contributed by atoms with E-state index in [2.05, 4.69) is 0 Å². The molecule has 1 aromatic rings. The third kappa shape index (κ3) is 4.88. The minimum absolute atomic E-state index is 0.278. The highest BCUT2D eigenvalue weighted by Crippen LogP contribution is 2.23. The molecule has 0 radical (unpaired) electrons. The van der Waals surface area contributed by atoms with Crippen LogP contribution in [0.15, 0.2) is 18.2 Å². The fraction of sp³-hybridized carbons (Fsp3) is 0.417. The van der Waals surface area contributed by atoms with Crippen LogP contribution in [0.5, 0.6) is 5.75 Å². The zero-order valence-corrected chi connectivity index (χ0v) is 11.0. The van der Waals surface area contributed by atoms with Crippen LogP contribution in [0.1, 0.15) is 24.8 Å². The normalized spacial score (nSPS) is 10.2. The molecule has 0 aliphatic rings. The maximum absolute atomic E-state index is 11.9. The van der Waals surface area contributed by atoms with Crippen LogP contribution in [0.4, 0.5) is 4.39 Å². The first-order chi connectivity index (χ1) is 8.15. The number of alkyl halides is 1. The van der Waals surface area contributed by atoms with Gasteiger partial charge in [-0.2, -0.15) is 0 Å². The molecule has 0 saturated heterocycles. The Kier molecular flexibility index (Phi) is 6.22. The zero-order chi connectivity index (χ0) is 12.7. The number of halogens is 2. The van der Waals surface area contributed by atoms with Crippen molar-refractivity contribution >= 4 is 28.8 Å². The Hall–Kier alpha value is -0.870. The highest BCUT2D eigenvalue weighted by atomic mass is 35.5. The van der Waals surface area contributed by atoms with Crippen molar-refractivity contribution in [1.29, 1.82) is 0 Å². The Bertz CT molecular complexity index is 387. The Morgan fingerprint density at radius 2 is 2.12 bits per heavy atom. The van der Waals surface area contributed by atoms with Gasteiger partial charge in [0, 0.05) is 5.02 Å². The van der Waals surface area contributed by atoms with Gasteiger partial charge in [0.15, 0.2) is 0 Å². The summed E-state index contributed by atoms with van der Waals surface area (Å²) in [5, 5.41) is 0.573. The summed E-state index contributed by atoms with van der Waals surface area (Å²) in [6, 6.07) is 5.14. The molecule has 94 valence electrons. The van der Waals surface area contributed by atoms with Crippen molar-refractivity contribution in [3.05, 3.63) is 28.8 Å². The van der Waals surface area contributed by atoms with E-state index in [0.29, 0.717) is 29.4 Å². The van der Waals surface area contributed by atoms with Gasteiger partial charge in [-0.3, -0.25) is 4.39 Å². The van der Waals surface area contributed by atoms with Gasteiger partial charge in [0.05, 0.1) is 18.8 Å². The standard InChI is InChI=1S/C12H15ClFNOS/c13-9-4-5-10(12(15)17)11(8-9)16-7-3-1-2-6-14/h4-5,8H,1-3,6-7H2,(H2,15,17). The van der Waals surface area contributed by atoms with E-state index in [-0.39, 0.29) is 11.7 Å². The molecular formula is C12H15ClFNOS. The molecule has 0 amide bonds. The van der Waals surface area contributed by atoms with E-state index in [1.54, 1.807) is 18.2 Å². The molecular weight excluding hydrogens is 261 g/mol. The second-order valence-electron chi connectivity index (χ2n) is 3.60. The van der Waals surface area contributed by atoms with Crippen molar-refractivity contribution in [2.24, 2.45) is 5.73 Å². The number of thiocarbonyl (C=S) groups is 1. The summed E-state index contributed by atoms with van der Waals surface area (Å²) in [5.74, 6) is 0.588. The summed E-state index contributed by atoms with van der Waals surface area (Å²) >= 11 is 10.8. The maximum atomic E-state index is 11.9. The first-order valence-corrected chi connectivity index (χ1v) is 6.22. The van der Waals surface area contributed by atoms with Crippen molar-refractivity contribution < 1.29 is 9.13 Å². The molecule has 0 fully saturated rings. The smallest absolute Gasteiger partial charge is 0.130 e. The molecule has 0 aliphatic heterocycles. The number of hydrogen-bond donors (Lipinski definition) is 1. The number of nitrogens with two attached hydrogens (primary N) is 1. The lowest BCUT2D eigenvalue weighted by Gasteiger charge is -2.10. The molecule has 0 saturated carbocycles. The topological polar surface area (TPSA) is 35.2 Å². The molecule has 2 N–H and O–H groups in total. The van der Waals surface area contributed by atoms with E-state index in [0.717, 1.165) is 12.8 Å². The van der Waals surface area contributed by atoms with E-state index < -0.39 is 0 Å². The van der Waals surface area contributed by atoms with Gasteiger partial charge in [0.2, 0.25) is 0 Å². The van der Waals surface area contributed by atoms with Crippen molar-refractivity contribution in [1.82, 2.24) is 0 Å². The van der Waals surface area contributed by atoms with Gasteiger partial charge < -0.3 is 10.5 Å². The lowest BCUT2D eigenvalue weighted by Crippen LogP contribution is -2.12. The number of hydrogen-bond acceptors (Lipinski definition) is 2. The Labute approximate surface area is 111 Å². The van der Waals surface area contributed by atoms with Gasteiger partial charge in [-0.25, -0.2) is 0 Å². The van der Waals surface area contributed by atoms with E-state index >= 15 is 0 Å². The van der Waals surface area contributed by atoms with Crippen LogP contribution in [-0.2, 0) is 0 Å². The summed E-state index contributed by atoms with van der Waals surface area (Å²) in [6.07, 6.45) is 2.17. The van der Waals surface area contributed by atoms with Gasteiger partial charge >= 0.3 is 0 Å². The van der Waals surface area contributed by atoms with E-state index in [9.17, 15) is 4.39 Å². The lowest BCUT2D eigenvalue weighted by molar-refractivity contribution is 0.301. The molecule has 17 heavy (non-hydrogen) atoms. The van der Waals surface area contributed by atoms with Crippen LogP contribution in [0.2, 0.25) is 5.02 Å². The monoisotopic (exact) mass is 275 g/mol. The number of ether oxygens (including phenoxy) is 1. The Morgan fingerprint density at radius 1 is 1.35 bits per heavy atom. The quantitative estimate of drug-likeness (QED) is 0.611. The van der Waals surface area contributed by atoms with Crippen LogP contribution in [0, 0.1) is 0 Å². The van der Waals surface area contributed by atoms with Crippen molar-refractivity contribution in [2.75, 3.05) is 13.3 Å². The highest BCUT2D eigenvalue weighted by molar-refractivity contribution is 7.80. The van der Waals surface area contributed by atoms with Gasteiger partial charge in [-0.1, -0.05) is 23.8 Å². The number of unbranched alkanes of at least 4 members (excludes halogenated alkanes) is 2. The van der Waals surface area contributed by atoms with E-state index in [4.69, 9.17) is 34.3 Å². The molecule has 0 spiro atoms. The molecule has 0 bridgehead atoms. The SMILES string of the molecule is NC(=S)c1ccc(Cl)cc1OCCCCCF. The van der Waals surface area contributed by atoms with Crippen molar-refractivity contribution in [3.63, 3.8) is 0 Å². The molecule has 0 unspecified atom stereocenters. The van der Waals surface area contributed by atoms with Gasteiger partial charge in [0.1, 0.15) is 10.7 Å². The van der Waals surface area contributed by atoms with Crippen LogP contribution >= 0.6 is 23.8 Å².